The summed E-state index contributed by atoms with van der Waals surface area (Å²) in [6.07, 6.45) is 0.823. The molecule has 0 atom stereocenters. The lowest BCUT2D eigenvalue weighted by Crippen LogP contribution is -2.22. The third-order valence-electron chi connectivity index (χ3n) is 1.83. The van der Waals surface area contributed by atoms with Crippen molar-refractivity contribution in [1.29, 1.82) is 0 Å². The number of nitrogens with one attached hydrogen (secondary N) is 1. The SMILES string of the molecule is COc1ccccc1OCCNCC=O.Cl. The molecule has 1 aromatic carbocycles. The summed E-state index contributed by atoms with van der Waals surface area (Å²) in [5, 5.41) is 2.91. The quantitative estimate of drug-likeness (QED) is 0.581. The molecule has 0 spiro atoms. The molecule has 0 saturated carbocycles. The van der Waals surface area contributed by atoms with Crippen LogP contribution in [0, 0.1) is 0 Å². The van der Waals surface area contributed by atoms with Crippen LogP contribution in [0.3, 0.4) is 0 Å². The van der Waals surface area contributed by atoms with Gasteiger partial charge in [0.15, 0.2) is 11.5 Å². The zero-order chi connectivity index (χ0) is 10.9. The average Bonchev–Trinajstić information content (AvgIpc) is 2.29. The second-order valence-electron chi connectivity index (χ2n) is 2.87. The molecule has 4 nitrogen and oxygen atoms in total. The first kappa shape index (κ1) is 14.7. The molecular formula is C11H16ClNO3. The van der Waals surface area contributed by atoms with Crippen molar-refractivity contribution in [1.82, 2.24) is 5.32 Å². The maximum atomic E-state index is 10.0. The molecule has 1 aromatic rings. The maximum absolute atomic E-state index is 10.0. The van der Waals surface area contributed by atoms with E-state index in [1.54, 1.807) is 7.11 Å². The average molecular weight is 246 g/mol. The van der Waals surface area contributed by atoms with Gasteiger partial charge >= 0.3 is 0 Å². The summed E-state index contributed by atoms with van der Waals surface area (Å²) in [5.74, 6) is 1.43. The summed E-state index contributed by atoms with van der Waals surface area (Å²) >= 11 is 0. The molecule has 1 rings (SSSR count). The van der Waals surface area contributed by atoms with E-state index in [4.69, 9.17) is 9.47 Å². The van der Waals surface area contributed by atoms with Crippen LogP contribution in [-0.2, 0) is 4.79 Å². The number of halogens is 1. The van der Waals surface area contributed by atoms with Gasteiger partial charge in [-0.2, -0.15) is 0 Å². The van der Waals surface area contributed by atoms with Crippen molar-refractivity contribution in [2.45, 2.75) is 0 Å². The molecule has 0 saturated heterocycles. The molecule has 0 aliphatic carbocycles. The number of carbonyl (C=O) groups excluding carboxylic acids is 1. The Morgan fingerprint density at radius 2 is 2.00 bits per heavy atom. The van der Waals surface area contributed by atoms with E-state index >= 15 is 0 Å². The minimum absolute atomic E-state index is 0. The third kappa shape index (κ3) is 5.00. The lowest BCUT2D eigenvalue weighted by atomic mass is 10.3. The zero-order valence-corrected chi connectivity index (χ0v) is 9.96. The molecule has 0 heterocycles. The highest BCUT2D eigenvalue weighted by atomic mass is 35.5. The Morgan fingerprint density at radius 1 is 1.31 bits per heavy atom. The van der Waals surface area contributed by atoms with Crippen LogP contribution in [0.25, 0.3) is 0 Å². The van der Waals surface area contributed by atoms with E-state index in [1.165, 1.54) is 0 Å². The normalized spacial score (nSPS) is 9.06. The van der Waals surface area contributed by atoms with Gasteiger partial charge in [-0.25, -0.2) is 0 Å². The fourth-order valence-electron chi connectivity index (χ4n) is 1.13. The van der Waals surface area contributed by atoms with E-state index in [9.17, 15) is 4.79 Å². The Hall–Kier alpha value is -1.26. The molecule has 0 aliphatic heterocycles. The van der Waals surface area contributed by atoms with Gasteiger partial charge in [0.1, 0.15) is 12.9 Å². The predicted octanol–water partition coefficient (Wildman–Crippen LogP) is 1.28. The van der Waals surface area contributed by atoms with E-state index in [0.29, 0.717) is 31.2 Å². The van der Waals surface area contributed by atoms with Gasteiger partial charge in [0.25, 0.3) is 0 Å². The molecule has 90 valence electrons. The Bertz CT molecular complexity index is 307. The van der Waals surface area contributed by atoms with Crippen LogP contribution in [0.15, 0.2) is 24.3 Å². The number of hydrogen-bond donors (Lipinski definition) is 1. The van der Waals surface area contributed by atoms with Crippen LogP contribution < -0.4 is 14.8 Å². The Labute approximate surface area is 101 Å². The first-order chi connectivity index (χ1) is 7.38. The van der Waals surface area contributed by atoms with Crippen LogP contribution in [-0.4, -0.2) is 33.1 Å². The number of methoxy groups -OCH3 is 1. The maximum Gasteiger partial charge on any atom is 0.161 e. The van der Waals surface area contributed by atoms with Crippen molar-refractivity contribution in [3.63, 3.8) is 0 Å². The second kappa shape index (κ2) is 9.00. The van der Waals surface area contributed by atoms with Gasteiger partial charge in [-0.15, -0.1) is 12.4 Å². The van der Waals surface area contributed by atoms with E-state index in [0.717, 1.165) is 6.29 Å². The van der Waals surface area contributed by atoms with E-state index in [-0.39, 0.29) is 12.4 Å². The van der Waals surface area contributed by atoms with Crippen molar-refractivity contribution in [3.8, 4) is 11.5 Å². The molecule has 5 heteroatoms. The minimum Gasteiger partial charge on any atom is -0.493 e. The molecule has 16 heavy (non-hydrogen) atoms. The van der Waals surface area contributed by atoms with Gasteiger partial charge in [-0.05, 0) is 12.1 Å². The van der Waals surface area contributed by atoms with Crippen LogP contribution in [0.2, 0.25) is 0 Å². The summed E-state index contributed by atoms with van der Waals surface area (Å²) < 4.78 is 10.6. The molecule has 0 amide bonds. The molecular weight excluding hydrogens is 230 g/mol. The Kier molecular flexibility index (Phi) is 8.29. The zero-order valence-electron chi connectivity index (χ0n) is 9.14. The van der Waals surface area contributed by atoms with E-state index in [2.05, 4.69) is 5.32 Å². The van der Waals surface area contributed by atoms with Gasteiger partial charge < -0.3 is 19.6 Å². The molecule has 0 bridgehead atoms. The van der Waals surface area contributed by atoms with Gasteiger partial charge in [0, 0.05) is 6.54 Å². The highest BCUT2D eigenvalue weighted by Gasteiger charge is 2.00. The molecule has 0 aromatic heterocycles. The van der Waals surface area contributed by atoms with Crippen molar-refractivity contribution in [2.24, 2.45) is 0 Å². The first-order valence-electron chi connectivity index (χ1n) is 4.78. The van der Waals surface area contributed by atoms with Crippen molar-refractivity contribution < 1.29 is 14.3 Å². The number of hydrogen-bond acceptors (Lipinski definition) is 4. The van der Waals surface area contributed by atoms with Crippen molar-refractivity contribution in [3.05, 3.63) is 24.3 Å². The number of carbonyl (C=O) groups is 1. The van der Waals surface area contributed by atoms with E-state index < -0.39 is 0 Å². The standard InChI is InChI=1S/C11H15NO3.ClH/c1-14-10-4-2-3-5-11(10)15-9-7-12-6-8-13;/h2-5,8,12H,6-7,9H2,1H3;1H. The van der Waals surface area contributed by atoms with Gasteiger partial charge in [0.05, 0.1) is 13.7 Å². The Morgan fingerprint density at radius 3 is 2.62 bits per heavy atom. The molecule has 0 radical (unpaired) electrons. The topological polar surface area (TPSA) is 47.6 Å². The third-order valence-corrected chi connectivity index (χ3v) is 1.83. The lowest BCUT2D eigenvalue weighted by Gasteiger charge is -2.09. The molecule has 1 N–H and O–H groups in total. The lowest BCUT2D eigenvalue weighted by molar-refractivity contribution is -0.107. The van der Waals surface area contributed by atoms with Crippen LogP contribution in [0.4, 0.5) is 0 Å². The Balaban J connectivity index is 0.00000225. The summed E-state index contributed by atoms with van der Waals surface area (Å²) in [6.45, 7) is 1.50. The monoisotopic (exact) mass is 245 g/mol. The van der Waals surface area contributed by atoms with Crippen molar-refractivity contribution >= 4 is 18.7 Å². The largest absolute Gasteiger partial charge is 0.493 e. The van der Waals surface area contributed by atoms with Gasteiger partial charge in [-0.1, -0.05) is 12.1 Å². The van der Waals surface area contributed by atoms with Crippen LogP contribution in [0.1, 0.15) is 0 Å². The van der Waals surface area contributed by atoms with Crippen LogP contribution >= 0.6 is 12.4 Å². The van der Waals surface area contributed by atoms with Crippen molar-refractivity contribution in [2.75, 3.05) is 26.8 Å². The number of para-hydroxylation sites is 2. The first-order valence-corrected chi connectivity index (χ1v) is 4.78. The molecule has 0 unspecified atom stereocenters. The summed E-state index contributed by atoms with van der Waals surface area (Å²) in [5.41, 5.74) is 0. The minimum atomic E-state index is 0. The van der Waals surface area contributed by atoms with E-state index in [1.807, 2.05) is 24.3 Å². The smallest absolute Gasteiger partial charge is 0.161 e. The highest BCUT2D eigenvalue weighted by molar-refractivity contribution is 5.85. The summed E-state index contributed by atoms with van der Waals surface area (Å²) in [4.78, 5) is 10.0. The van der Waals surface area contributed by atoms with Crippen LogP contribution in [0.5, 0.6) is 11.5 Å². The number of ether oxygens (including phenoxy) is 2. The number of benzene rings is 1. The summed E-state index contributed by atoms with van der Waals surface area (Å²) in [6, 6.07) is 7.46. The van der Waals surface area contributed by atoms with Gasteiger partial charge in [-0.3, -0.25) is 0 Å². The number of aldehydes is 1. The fraction of sp³-hybridized carbons (Fsp3) is 0.364. The predicted molar refractivity (Wildman–Crippen MR) is 64.7 cm³/mol. The molecule has 0 aliphatic rings. The summed E-state index contributed by atoms with van der Waals surface area (Å²) in [7, 11) is 1.60. The van der Waals surface area contributed by atoms with Gasteiger partial charge in [0.2, 0.25) is 0 Å². The number of rotatable bonds is 7. The fourth-order valence-corrected chi connectivity index (χ4v) is 1.13. The molecule has 0 fully saturated rings. The second-order valence-corrected chi connectivity index (χ2v) is 2.87. The highest BCUT2D eigenvalue weighted by Crippen LogP contribution is 2.25.